The van der Waals surface area contributed by atoms with Gasteiger partial charge >= 0.3 is 0 Å². The van der Waals surface area contributed by atoms with Crippen LogP contribution in [0.5, 0.6) is 5.75 Å². The molecule has 0 spiro atoms. The molecule has 4 heteroatoms. The van der Waals surface area contributed by atoms with Gasteiger partial charge in [0, 0.05) is 36.9 Å². The first-order valence-electron chi connectivity index (χ1n) is 12.6. The SMILES string of the molecule is C=Cc1cc(-c2ccc3c(c2)C(C)(C)C(C)(C)O3)c(N(c2ccc(Br)cc2)c2ccc(Br)cc2)cc1C=C. The van der Waals surface area contributed by atoms with Gasteiger partial charge in [-0.05, 0) is 103 Å². The molecule has 0 N–H and O–H groups in total. The van der Waals surface area contributed by atoms with Gasteiger partial charge in [-0.1, -0.05) is 77.1 Å². The number of ether oxygens (including phenoxy) is 1. The van der Waals surface area contributed by atoms with Crippen LogP contribution in [0, 0.1) is 0 Å². The van der Waals surface area contributed by atoms with E-state index in [0.717, 1.165) is 54.0 Å². The molecule has 192 valence electrons. The number of fused-ring (bicyclic) bond motifs is 1. The van der Waals surface area contributed by atoms with E-state index in [1.54, 1.807) is 0 Å². The van der Waals surface area contributed by atoms with Crippen molar-refractivity contribution in [2.45, 2.75) is 38.7 Å². The quantitative estimate of drug-likeness (QED) is 0.210. The van der Waals surface area contributed by atoms with E-state index in [-0.39, 0.29) is 11.0 Å². The van der Waals surface area contributed by atoms with Crippen LogP contribution in [-0.2, 0) is 5.41 Å². The molecule has 0 saturated heterocycles. The van der Waals surface area contributed by atoms with E-state index in [1.165, 1.54) is 5.56 Å². The van der Waals surface area contributed by atoms with Crippen molar-refractivity contribution < 1.29 is 4.74 Å². The third-order valence-electron chi connectivity index (χ3n) is 7.89. The summed E-state index contributed by atoms with van der Waals surface area (Å²) in [5.41, 5.74) is 8.28. The van der Waals surface area contributed by atoms with E-state index in [2.05, 4.69) is 156 Å². The minimum absolute atomic E-state index is 0.141. The van der Waals surface area contributed by atoms with Crippen molar-refractivity contribution in [3.63, 3.8) is 0 Å². The molecule has 2 nitrogen and oxygen atoms in total. The maximum Gasteiger partial charge on any atom is 0.124 e. The van der Waals surface area contributed by atoms with Crippen LogP contribution in [0.1, 0.15) is 44.4 Å². The number of halogens is 2. The van der Waals surface area contributed by atoms with Crippen molar-refractivity contribution in [3.8, 4) is 16.9 Å². The molecular weight excluding hydrogens is 598 g/mol. The minimum atomic E-state index is -0.295. The normalized spacial score (nSPS) is 14.9. The second kappa shape index (κ2) is 9.91. The first-order valence-corrected chi connectivity index (χ1v) is 14.2. The van der Waals surface area contributed by atoms with E-state index < -0.39 is 0 Å². The van der Waals surface area contributed by atoms with Crippen LogP contribution < -0.4 is 9.64 Å². The Morgan fingerprint density at radius 2 is 1.24 bits per heavy atom. The van der Waals surface area contributed by atoms with Gasteiger partial charge in [0.15, 0.2) is 0 Å². The molecule has 5 rings (SSSR count). The van der Waals surface area contributed by atoms with Crippen LogP contribution in [0.25, 0.3) is 23.3 Å². The second-order valence-electron chi connectivity index (χ2n) is 10.6. The maximum absolute atomic E-state index is 6.37. The Balaban J connectivity index is 1.80. The highest BCUT2D eigenvalue weighted by Crippen LogP contribution is 2.51. The predicted octanol–water partition coefficient (Wildman–Crippen LogP) is 11.1. The van der Waals surface area contributed by atoms with Crippen molar-refractivity contribution in [1.29, 1.82) is 0 Å². The Bertz CT molecular complexity index is 1490. The zero-order chi connectivity index (χ0) is 27.2. The molecule has 1 aliphatic heterocycles. The van der Waals surface area contributed by atoms with Crippen molar-refractivity contribution in [2.75, 3.05) is 4.90 Å². The van der Waals surface area contributed by atoms with Crippen LogP contribution in [0.2, 0.25) is 0 Å². The number of hydrogen-bond donors (Lipinski definition) is 0. The van der Waals surface area contributed by atoms with E-state index >= 15 is 0 Å². The van der Waals surface area contributed by atoms with E-state index in [4.69, 9.17) is 4.74 Å². The molecule has 0 saturated carbocycles. The summed E-state index contributed by atoms with van der Waals surface area (Å²) in [4.78, 5) is 2.30. The lowest BCUT2D eigenvalue weighted by Gasteiger charge is -2.33. The van der Waals surface area contributed by atoms with Gasteiger partial charge in [-0.25, -0.2) is 0 Å². The summed E-state index contributed by atoms with van der Waals surface area (Å²) in [6, 6.07) is 27.8. The molecular formula is C34H31Br2NO. The van der Waals surface area contributed by atoms with Crippen LogP contribution in [0.3, 0.4) is 0 Å². The smallest absolute Gasteiger partial charge is 0.124 e. The van der Waals surface area contributed by atoms with Gasteiger partial charge in [-0.3, -0.25) is 0 Å². The number of rotatable bonds is 6. The molecule has 38 heavy (non-hydrogen) atoms. The van der Waals surface area contributed by atoms with Gasteiger partial charge < -0.3 is 9.64 Å². The monoisotopic (exact) mass is 627 g/mol. The minimum Gasteiger partial charge on any atom is -0.487 e. The molecule has 0 bridgehead atoms. The summed E-state index contributed by atoms with van der Waals surface area (Å²) in [7, 11) is 0. The molecule has 1 aliphatic rings. The molecule has 0 unspecified atom stereocenters. The summed E-state index contributed by atoms with van der Waals surface area (Å²) < 4.78 is 8.44. The molecule has 0 aliphatic carbocycles. The second-order valence-corrected chi connectivity index (χ2v) is 12.5. The number of anilines is 3. The molecule has 4 aromatic rings. The first-order chi connectivity index (χ1) is 18.1. The summed E-state index contributed by atoms with van der Waals surface area (Å²) >= 11 is 7.19. The highest BCUT2D eigenvalue weighted by Gasteiger charge is 2.48. The molecule has 0 aromatic heterocycles. The van der Waals surface area contributed by atoms with Crippen molar-refractivity contribution in [3.05, 3.63) is 118 Å². The van der Waals surface area contributed by atoms with Gasteiger partial charge in [-0.15, -0.1) is 0 Å². The Hall–Kier alpha value is -3.08. The van der Waals surface area contributed by atoms with Gasteiger partial charge in [0.25, 0.3) is 0 Å². The van der Waals surface area contributed by atoms with Gasteiger partial charge in [0.2, 0.25) is 0 Å². The average Bonchev–Trinajstić information content (AvgIpc) is 3.08. The number of benzene rings is 4. The zero-order valence-corrected chi connectivity index (χ0v) is 25.4. The molecule has 4 aromatic carbocycles. The summed E-state index contributed by atoms with van der Waals surface area (Å²) in [6.07, 6.45) is 3.80. The molecule has 0 radical (unpaired) electrons. The fourth-order valence-corrected chi connectivity index (χ4v) is 5.53. The molecule has 1 heterocycles. The van der Waals surface area contributed by atoms with Crippen molar-refractivity contribution in [1.82, 2.24) is 0 Å². The molecule has 0 fully saturated rings. The van der Waals surface area contributed by atoms with Crippen molar-refractivity contribution in [2.24, 2.45) is 0 Å². The third kappa shape index (κ3) is 4.54. The number of hydrogen-bond acceptors (Lipinski definition) is 2. The fourth-order valence-electron chi connectivity index (χ4n) is 5.00. The molecule has 0 amide bonds. The Morgan fingerprint density at radius 1 is 0.711 bits per heavy atom. The van der Waals surface area contributed by atoms with Crippen LogP contribution in [0.4, 0.5) is 17.1 Å². The summed E-state index contributed by atoms with van der Waals surface area (Å²) in [5.74, 6) is 0.953. The van der Waals surface area contributed by atoms with Crippen LogP contribution in [-0.4, -0.2) is 5.60 Å². The largest absolute Gasteiger partial charge is 0.487 e. The van der Waals surface area contributed by atoms with E-state index in [9.17, 15) is 0 Å². The zero-order valence-electron chi connectivity index (χ0n) is 22.2. The van der Waals surface area contributed by atoms with Gasteiger partial charge in [-0.2, -0.15) is 0 Å². The van der Waals surface area contributed by atoms with Crippen LogP contribution in [0.15, 0.2) is 101 Å². The Kier molecular flexibility index (Phi) is 6.91. The first kappa shape index (κ1) is 26.5. The Morgan fingerprint density at radius 3 is 1.76 bits per heavy atom. The fraction of sp³-hybridized carbons (Fsp3) is 0.176. The lowest BCUT2D eigenvalue weighted by Crippen LogP contribution is -2.41. The Labute approximate surface area is 242 Å². The maximum atomic E-state index is 6.37. The van der Waals surface area contributed by atoms with E-state index in [1.807, 2.05) is 12.2 Å². The topological polar surface area (TPSA) is 12.5 Å². The average molecular weight is 629 g/mol. The highest BCUT2D eigenvalue weighted by molar-refractivity contribution is 9.10. The predicted molar refractivity (Wildman–Crippen MR) is 170 cm³/mol. The summed E-state index contributed by atoms with van der Waals surface area (Å²) in [6.45, 7) is 17.0. The lowest BCUT2D eigenvalue weighted by molar-refractivity contribution is 0.0712. The van der Waals surface area contributed by atoms with E-state index in [0.29, 0.717) is 0 Å². The highest BCUT2D eigenvalue weighted by atomic mass is 79.9. The standard InChI is InChI=1S/C34H31Br2NO/c1-7-22-19-29(24-9-18-32-30(20-24)33(3,4)34(5,6)38-32)31(21-23(22)8-2)37(27-14-10-25(35)11-15-27)28-16-12-26(36)13-17-28/h7-21H,1-2H2,3-6H3. The van der Waals surface area contributed by atoms with Crippen LogP contribution >= 0.6 is 31.9 Å². The number of nitrogens with zero attached hydrogens (tertiary/aromatic N) is 1. The third-order valence-corrected chi connectivity index (χ3v) is 8.94. The van der Waals surface area contributed by atoms with Gasteiger partial charge in [0.05, 0.1) is 5.69 Å². The lowest BCUT2D eigenvalue weighted by atomic mass is 9.73. The van der Waals surface area contributed by atoms with Gasteiger partial charge in [0.1, 0.15) is 11.4 Å². The molecule has 0 atom stereocenters. The summed E-state index contributed by atoms with van der Waals surface area (Å²) in [5, 5.41) is 0. The van der Waals surface area contributed by atoms with Crippen molar-refractivity contribution >= 4 is 61.1 Å².